The molecular formula is C24H32N2O2. The molecule has 2 aromatic rings. The number of nitrogens with zero attached hydrogens (tertiary/aromatic N) is 1. The fourth-order valence-corrected chi connectivity index (χ4v) is 4.74. The van der Waals surface area contributed by atoms with E-state index in [4.69, 9.17) is 9.47 Å². The fraction of sp³-hybridized carbons (Fsp3) is 0.500. The second-order valence-corrected chi connectivity index (χ2v) is 7.96. The smallest absolute Gasteiger partial charge is 0.161 e. The van der Waals surface area contributed by atoms with E-state index in [0.717, 1.165) is 43.6 Å². The van der Waals surface area contributed by atoms with Crippen molar-refractivity contribution in [3.8, 4) is 11.5 Å². The van der Waals surface area contributed by atoms with Crippen LogP contribution in [0.25, 0.3) is 0 Å². The third-order valence-corrected chi connectivity index (χ3v) is 6.16. The Labute approximate surface area is 168 Å². The van der Waals surface area contributed by atoms with Crippen molar-refractivity contribution >= 4 is 0 Å². The molecule has 28 heavy (non-hydrogen) atoms. The Morgan fingerprint density at radius 2 is 1.75 bits per heavy atom. The van der Waals surface area contributed by atoms with Crippen molar-refractivity contribution in [2.45, 2.75) is 38.3 Å². The number of rotatable bonds is 7. The number of hydrogen-bond acceptors (Lipinski definition) is 4. The van der Waals surface area contributed by atoms with Crippen LogP contribution >= 0.6 is 0 Å². The minimum Gasteiger partial charge on any atom is -0.493 e. The highest BCUT2D eigenvalue weighted by Gasteiger charge is 2.32. The maximum absolute atomic E-state index is 6.07. The summed E-state index contributed by atoms with van der Waals surface area (Å²) in [5.41, 5.74) is 2.54. The van der Waals surface area contributed by atoms with E-state index in [1.165, 1.54) is 36.8 Å². The van der Waals surface area contributed by atoms with E-state index in [2.05, 4.69) is 40.5 Å². The van der Waals surface area contributed by atoms with Crippen LogP contribution in [-0.2, 0) is 6.61 Å². The second-order valence-electron chi connectivity index (χ2n) is 7.96. The van der Waals surface area contributed by atoms with Crippen molar-refractivity contribution in [3.05, 3.63) is 59.7 Å². The Morgan fingerprint density at radius 1 is 1.00 bits per heavy atom. The van der Waals surface area contributed by atoms with Gasteiger partial charge in [-0.25, -0.2) is 0 Å². The number of piperazine rings is 1. The van der Waals surface area contributed by atoms with Crippen LogP contribution in [-0.4, -0.2) is 38.2 Å². The van der Waals surface area contributed by atoms with Gasteiger partial charge in [0, 0.05) is 32.2 Å². The molecule has 0 aromatic heterocycles. The van der Waals surface area contributed by atoms with Gasteiger partial charge in [-0.05, 0) is 42.0 Å². The number of nitrogens with one attached hydrogen (secondary N) is 1. The maximum Gasteiger partial charge on any atom is 0.161 e. The summed E-state index contributed by atoms with van der Waals surface area (Å²) >= 11 is 0. The minimum atomic E-state index is 0.488. The summed E-state index contributed by atoms with van der Waals surface area (Å²) in [6.45, 7) is 4.96. The molecule has 0 radical (unpaired) electrons. The third-order valence-electron chi connectivity index (χ3n) is 6.16. The quantitative estimate of drug-likeness (QED) is 0.771. The van der Waals surface area contributed by atoms with Gasteiger partial charge < -0.3 is 14.8 Å². The summed E-state index contributed by atoms with van der Waals surface area (Å²) in [5, 5.41) is 3.49. The van der Waals surface area contributed by atoms with Crippen molar-refractivity contribution in [2.75, 3.05) is 33.3 Å². The molecule has 0 bridgehead atoms. The molecule has 0 amide bonds. The lowest BCUT2D eigenvalue weighted by atomic mass is 9.89. The lowest BCUT2D eigenvalue weighted by molar-refractivity contribution is 0.125. The maximum atomic E-state index is 6.07. The molecule has 150 valence electrons. The van der Waals surface area contributed by atoms with Crippen LogP contribution in [0.3, 0.4) is 0 Å². The zero-order chi connectivity index (χ0) is 19.2. The molecule has 2 aromatic carbocycles. The number of hydrogen-bond donors (Lipinski definition) is 1. The molecule has 4 heteroatoms. The van der Waals surface area contributed by atoms with Gasteiger partial charge >= 0.3 is 0 Å². The second kappa shape index (κ2) is 9.44. The normalized spacial score (nSPS) is 19.5. The van der Waals surface area contributed by atoms with E-state index in [-0.39, 0.29) is 0 Å². The Bertz CT molecular complexity index is 738. The van der Waals surface area contributed by atoms with Gasteiger partial charge in [0.15, 0.2) is 11.5 Å². The van der Waals surface area contributed by atoms with Gasteiger partial charge in [-0.1, -0.05) is 49.2 Å². The Morgan fingerprint density at radius 3 is 2.46 bits per heavy atom. The van der Waals surface area contributed by atoms with E-state index in [0.29, 0.717) is 12.6 Å². The van der Waals surface area contributed by atoms with Crippen LogP contribution in [0, 0.1) is 5.92 Å². The van der Waals surface area contributed by atoms with Crippen LogP contribution in [0.5, 0.6) is 11.5 Å². The molecule has 0 unspecified atom stereocenters. The molecule has 1 atom stereocenters. The minimum absolute atomic E-state index is 0.488. The topological polar surface area (TPSA) is 33.7 Å². The lowest BCUT2D eigenvalue weighted by Crippen LogP contribution is -2.46. The zero-order valence-electron chi connectivity index (χ0n) is 16.9. The molecule has 1 saturated heterocycles. The van der Waals surface area contributed by atoms with Crippen LogP contribution in [0.2, 0.25) is 0 Å². The SMILES string of the molecule is COc1cc([C@@H](C2CCCC2)N2CCNCC2)ccc1OCc1ccccc1. The van der Waals surface area contributed by atoms with Crippen molar-refractivity contribution in [2.24, 2.45) is 5.92 Å². The van der Waals surface area contributed by atoms with Crippen LogP contribution in [0.1, 0.15) is 42.9 Å². The van der Waals surface area contributed by atoms with Crippen LogP contribution in [0.15, 0.2) is 48.5 Å². The summed E-state index contributed by atoms with van der Waals surface area (Å²) < 4.78 is 11.8. The van der Waals surface area contributed by atoms with Gasteiger partial charge in [-0.2, -0.15) is 0 Å². The predicted molar refractivity (Wildman–Crippen MR) is 113 cm³/mol. The van der Waals surface area contributed by atoms with Gasteiger partial charge in [0.2, 0.25) is 0 Å². The van der Waals surface area contributed by atoms with Crippen LogP contribution < -0.4 is 14.8 Å². The highest BCUT2D eigenvalue weighted by atomic mass is 16.5. The lowest BCUT2D eigenvalue weighted by Gasteiger charge is -2.38. The summed E-state index contributed by atoms with van der Waals surface area (Å²) in [4.78, 5) is 2.67. The first-order chi connectivity index (χ1) is 13.8. The monoisotopic (exact) mass is 380 g/mol. The summed E-state index contributed by atoms with van der Waals surface area (Å²) in [6, 6.07) is 17.3. The standard InChI is InChI=1S/C24H32N2O2/c1-27-23-17-21(11-12-22(23)28-18-19-7-3-2-4-8-19)24(20-9-5-6-10-20)26-15-13-25-14-16-26/h2-4,7-8,11-12,17,20,24-25H,5-6,9-10,13-16,18H2,1H3/t24-/m1/s1. The first kappa shape index (κ1) is 19.3. The summed E-state index contributed by atoms with van der Waals surface area (Å²) in [5.74, 6) is 2.41. The Hall–Kier alpha value is -2.04. The number of ether oxygens (including phenoxy) is 2. The van der Waals surface area contributed by atoms with Crippen molar-refractivity contribution in [3.63, 3.8) is 0 Å². The van der Waals surface area contributed by atoms with Crippen molar-refractivity contribution < 1.29 is 9.47 Å². The molecule has 2 fully saturated rings. The molecule has 0 spiro atoms. The average Bonchev–Trinajstić information content (AvgIpc) is 3.28. The van der Waals surface area contributed by atoms with Gasteiger partial charge in [0.05, 0.1) is 7.11 Å². The molecule has 1 aliphatic carbocycles. The van der Waals surface area contributed by atoms with E-state index in [1.807, 2.05) is 18.2 Å². The first-order valence-corrected chi connectivity index (χ1v) is 10.6. The number of benzene rings is 2. The van der Waals surface area contributed by atoms with Crippen molar-refractivity contribution in [1.82, 2.24) is 10.2 Å². The molecule has 4 nitrogen and oxygen atoms in total. The Kier molecular flexibility index (Phi) is 6.50. The molecular weight excluding hydrogens is 348 g/mol. The van der Waals surface area contributed by atoms with Crippen LogP contribution in [0.4, 0.5) is 0 Å². The Balaban J connectivity index is 1.54. The summed E-state index contributed by atoms with van der Waals surface area (Å²) in [7, 11) is 1.74. The zero-order valence-corrected chi connectivity index (χ0v) is 16.9. The predicted octanol–water partition coefficient (Wildman–Crippen LogP) is 4.41. The molecule has 4 rings (SSSR count). The van der Waals surface area contributed by atoms with Gasteiger partial charge in [-0.15, -0.1) is 0 Å². The van der Waals surface area contributed by atoms with Gasteiger partial charge in [0.25, 0.3) is 0 Å². The molecule has 1 N–H and O–H groups in total. The third kappa shape index (κ3) is 4.50. The highest BCUT2D eigenvalue weighted by molar-refractivity contribution is 5.44. The van der Waals surface area contributed by atoms with Gasteiger partial charge in [0.1, 0.15) is 6.61 Å². The van der Waals surface area contributed by atoms with Crippen molar-refractivity contribution in [1.29, 1.82) is 0 Å². The van der Waals surface area contributed by atoms with E-state index in [9.17, 15) is 0 Å². The largest absolute Gasteiger partial charge is 0.493 e. The molecule has 1 aliphatic heterocycles. The highest BCUT2D eigenvalue weighted by Crippen LogP contribution is 2.42. The molecule has 1 heterocycles. The van der Waals surface area contributed by atoms with E-state index in [1.54, 1.807) is 7.11 Å². The summed E-state index contributed by atoms with van der Waals surface area (Å²) in [6.07, 6.45) is 5.40. The number of methoxy groups -OCH3 is 1. The fourth-order valence-electron chi connectivity index (χ4n) is 4.74. The molecule has 2 aliphatic rings. The average molecular weight is 381 g/mol. The van der Waals surface area contributed by atoms with E-state index >= 15 is 0 Å². The van der Waals surface area contributed by atoms with Gasteiger partial charge in [-0.3, -0.25) is 4.90 Å². The first-order valence-electron chi connectivity index (χ1n) is 10.6. The van der Waals surface area contributed by atoms with E-state index < -0.39 is 0 Å². The molecule has 1 saturated carbocycles.